The van der Waals surface area contributed by atoms with E-state index in [4.69, 9.17) is 19.9 Å². The van der Waals surface area contributed by atoms with Crippen LogP contribution in [0.25, 0.3) is 10.9 Å². The second-order valence-corrected chi connectivity index (χ2v) is 4.54. The molecular weight excluding hydrogens is 244 g/mol. The highest BCUT2D eigenvalue weighted by Gasteiger charge is 2.23. The number of nitrogens with zero attached hydrogens (tertiary/aromatic N) is 1. The molecule has 2 heterocycles. The third-order valence-corrected chi connectivity index (χ3v) is 3.16. The third kappa shape index (κ3) is 2.40. The Hall–Kier alpha value is -1.69. The number of hydrogen-bond acceptors (Lipinski definition) is 5. The minimum Gasteiger partial charge on any atom is -0.497 e. The zero-order chi connectivity index (χ0) is 13.2. The van der Waals surface area contributed by atoms with E-state index >= 15 is 0 Å². The normalized spacial score (nSPS) is 23.5. The fraction of sp³-hybridized carbons (Fsp3) is 0.357. The van der Waals surface area contributed by atoms with E-state index in [1.165, 1.54) is 0 Å². The first-order chi connectivity index (χ1) is 9.28. The Bertz CT molecular complexity index is 580. The summed E-state index contributed by atoms with van der Waals surface area (Å²) in [5, 5.41) is 0.974. The highest BCUT2D eigenvalue weighted by atomic mass is 16.7. The number of hydrogen-bond donors (Lipinski definition) is 1. The summed E-state index contributed by atoms with van der Waals surface area (Å²) in [6.45, 7) is 0.997. The molecule has 3 rings (SSSR count). The monoisotopic (exact) mass is 260 g/mol. The van der Waals surface area contributed by atoms with Crippen LogP contribution in [0.3, 0.4) is 0 Å². The van der Waals surface area contributed by atoms with Crippen LogP contribution in [0.2, 0.25) is 0 Å². The van der Waals surface area contributed by atoms with Crippen LogP contribution in [0.5, 0.6) is 5.75 Å². The first kappa shape index (κ1) is 12.3. The minimum absolute atomic E-state index is 0.0566. The summed E-state index contributed by atoms with van der Waals surface area (Å²) in [5.74, 6) is 0.786. The van der Waals surface area contributed by atoms with Gasteiger partial charge in [0.05, 0.1) is 31.9 Å². The molecule has 0 bridgehead atoms. The number of rotatable bonds is 2. The van der Waals surface area contributed by atoms with E-state index in [-0.39, 0.29) is 6.04 Å². The molecule has 2 N–H and O–H groups in total. The van der Waals surface area contributed by atoms with Crippen molar-refractivity contribution < 1.29 is 14.2 Å². The molecule has 0 unspecified atom stereocenters. The molecule has 1 aromatic heterocycles. The van der Waals surface area contributed by atoms with E-state index in [0.717, 1.165) is 22.2 Å². The number of aromatic nitrogens is 1. The summed E-state index contributed by atoms with van der Waals surface area (Å²) in [6, 6.07) is 7.60. The lowest BCUT2D eigenvalue weighted by atomic mass is 10.1. The van der Waals surface area contributed by atoms with Gasteiger partial charge in [-0.15, -0.1) is 0 Å². The Morgan fingerprint density at radius 1 is 1.26 bits per heavy atom. The maximum atomic E-state index is 5.75. The quantitative estimate of drug-likeness (QED) is 0.888. The van der Waals surface area contributed by atoms with Crippen LogP contribution in [-0.4, -0.2) is 31.3 Å². The van der Waals surface area contributed by atoms with Crippen molar-refractivity contribution in [2.45, 2.75) is 12.3 Å². The summed E-state index contributed by atoms with van der Waals surface area (Å²) in [7, 11) is 1.64. The molecule has 1 aliphatic rings. The van der Waals surface area contributed by atoms with Gasteiger partial charge in [-0.05, 0) is 24.3 Å². The van der Waals surface area contributed by atoms with E-state index in [1.807, 2.05) is 24.3 Å². The van der Waals surface area contributed by atoms with Gasteiger partial charge >= 0.3 is 0 Å². The predicted molar refractivity (Wildman–Crippen MR) is 70.9 cm³/mol. The van der Waals surface area contributed by atoms with Gasteiger partial charge in [0.1, 0.15) is 5.75 Å². The molecule has 1 saturated heterocycles. The second kappa shape index (κ2) is 5.13. The lowest BCUT2D eigenvalue weighted by Crippen LogP contribution is -2.37. The fourth-order valence-corrected chi connectivity index (χ4v) is 2.18. The van der Waals surface area contributed by atoms with Crippen molar-refractivity contribution in [1.29, 1.82) is 0 Å². The Morgan fingerprint density at radius 2 is 2.05 bits per heavy atom. The lowest BCUT2D eigenvalue weighted by Gasteiger charge is -2.28. The van der Waals surface area contributed by atoms with Crippen LogP contribution in [0.15, 0.2) is 30.5 Å². The van der Waals surface area contributed by atoms with Gasteiger partial charge in [0, 0.05) is 17.1 Å². The summed E-state index contributed by atoms with van der Waals surface area (Å²) < 4.78 is 16.5. The maximum Gasteiger partial charge on any atom is 0.184 e. The molecule has 0 amide bonds. The topological polar surface area (TPSA) is 66.6 Å². The van der Waals surface area contributed by atoms with E-state index in [1.54, 1.807) is 13.3 Å². The van der Waals surface area contributed by atoms with Gasteiger partial charge in [-0.1, -0.05) is 0 Å². The fourth-order valence-electron chi connectivity index (χ4n) is 2.18. The van der Waals surface area contributed by atoms with Crippen molar-refractivity contribution >= 4 is 10.9 Å². The Labute approximate surface area is 111 Å². The van der Waals surface area contributed by atoms with Crippen molar-refractivity contribution in [2.24, 2.45) is 5.73 Å². The summed E-state index contributed by atoms with van der Waals surface area (Å²) in [6.07, 6.45) is 1.36. The number of fused-ring (bicyclic) bond motifs is 1. The minimum atomic E-state index is -0.391. The summed E-state index contributed by atoms with van der Waals surface area (Å²) in [4.78, 5) is 4.34. The van der Waals surface area contributed by atoms with Crippen LogP contribution in [0, 0.1) is 0 Å². The molecular formula is C14H16N2O3. The Balaban J connectivity index is 2.02. The first-order valence-corrected chi connectivity index (χ1v) is 6.19. The molecule has 5 nitrogen and oxygen atoms in total. The average Bonchev–Trinajstić information content (AvgIpc) is 2.47. The molecule has 1 aromatic carbocycles. The number of methoxy groups -OCH3 is 1. The standard InChI is InChI=1S/C14H16N2O3/c1-17-10-2-3-13-12(6-10)11(4-5-16-13)14-18-7-9(15)8-19-14/h2-6,9,14H,7-8,15H2,1H3. The zero-order valence-electron chi connectivity index (χ0n) is 10.7. The molecule has 1 aliphatic heterocycles. The van der Waals surface area contributed by atoms with Crippen LogP contribution in [0.4, 0.5) is 0 Å². The van der Waals surface area contributed by atoms with Gasteiger partial charge in [0.2, 0.25) is 0 Å². The molecule has 0 aliphatic carbocycles. The van der Waals surface area contributed by atoms with E-state index in [9.17, 15) is 0 Å². The van der Waals surface area contributed by atoms with Crippen LogP contribution in [0.1, 0.15) is 11.9 Å². The van der Waals surface area contributed by atoms with E-state index < -0.39 is 6.29 Å². The highest BCUT2D eigenvalue weighted by Crippen LogP contribution is 2.30. The molecule has 0 saturated carbocycles. The van der Waals surface area contributed by atoms with Crippen LogP contribution < -0.4 is 10.5 Å². The molecule has 0 spiro atoms. The highest BCUT2D eigenvalue weighted by molar-refractivity contribution is 5.83. The maximum absolute atomic E-state index is 5.75. The second-order valence-electron chi connectivity index (χ2n) is 4.54. The van der Waals surface area contributed by atoms with Crippen molar-refractivity contribution in [3.05, 3.63) is 36.0 Å². The molecule has 5 heteroatoms. The number of ether oxygens (including phenoxy) is 3. The molecule has 1 fully saturated rings. The Morgan fingerprint density at radius 3 is 2.79 bits per heavy atom. The van der Waals surface area contributed by atoms with E-state index in [0.29, 0.717) is 13.2 Å². The molecule has 19 heavy (non-hydrogen) atoms. The number of benzene rings is 1. The molecule has 100 valence electrons. The van der Waals surface area contributed by atoms with Crippen LogP contribution in [-0.2, 0) is 9.47 Å². The number of pyridine rings is 1. The Kier molecular flexibility index (Phi) is 3.33. The van der Waals surface area contributed by atoms with Crippen molar-refractivity contribution in [3.8, 4) is 5.75 Å². The van der Waals surface area contributed by atoms with Gasteiger partial charge in [0.25, 0.3) is 0 Å². The van der Waals surface area contributed by atoms with E-state index in [2.05, 4.69) is 4.98 Å². The zero-order valence-corrected chi connectivity index (χ0v) is 10.7. The van der Waals surface area contributed by atoms with Crippen molar-refractivity contribution in [2.75, 3.05) is 20.3 Å². The third-order valence-electron chi connectivity index (χ3n) is 3.16. The molecule has 0 atom stereocenters. The van der Waals surface area contributed by atoms with Gasteiger partial charge in [-0.3, -0.25) is 4.98 Å². The van der Waals surface area contributed by atoms with Gasteiger partial charge in [-0.2, -0.15) is 0 Å². The van der Waals surface area contributed by atoms with Crippen molar-refractivity contribution in [3.63, 3.8) is 0 Å². The largest absolute Gasteiger partial charge is 0.497 e. The smallest absolute Gasteiger partial charge is 0.184 e. The lowest BCUT2D eigenvalue weighted by molar-refractivity contribution is -0.189. The molecule has 2 aromatic rings. The van der Waals surface area contributed by atoms with Crippen molar-refractivity contribution in [1.82, 2.24) is 4.98 Å². The van der Waals surface area contributed by atoms with Gasteiger partial charge in [-0.25, -0.2) is 0 Å². The average molecular weight is 260 g/mol. The first-order valence-electron chi connectivity index (χ1n) is 6.19. The predicted octanol–water partition coefficient (Wildman–Crippen LogP) is 1.62. The van der Waals surface area contributed by atoms with Crippen LogP contribution >= 0.6 is 0 Å². The summed E-state index contributed by atoms with van der Waals surface area (Å²) in [5.41, 5.74) is 7.59. The number of nitrogens with two attached hydrogens (primary N) is 1. The summed E-state index contributed by atoms with van der Waals surface area (Å²) >= 11 is 0. The SMILES string of the molecule is COc1ccc2nccc(C3OCC(N)CO3)c2c1. The molecule has 0 radical (unpaired) electrons. The van der Waals surface area contributed by atoms with Gasteiger partial charge in [0.15, 0.2) is 6.29 Å². The van der Waals surface area contributed by atoms with Gasteiger partial charge < -0.3 is 19.9 Å².